The first-order valence-corrected chi connectivity index (χ1v) is 5.97. The first-order chi connectivity index (χ1) is 8.83. The Balaban J connectivity index is 2.73. The van der Waals surface area contributed by atoms with Crippen molar-refractivity contribution < 1.29 is 19.5 Å². The Kier molecular flexibility index (Phi) is 4.66. The van der Waals surface area contributed by atoms with Crippen molar-refractivity contribution in [3.8, 4) is 0 Å². The van der Waals surface area contributed by atoms with Gasteiger partial charge in [-0.25, -0.2) is 4.79 Å². The number of nitrogens with zero attached hydrogens (tertiary/aromatic N) is 2. The molecule has 0 bridgehead atoms. The van der Waals surface area contributed by atoms with Gasteiger partial charge in [0.2, 0.25) is 5.91 Å². The summed E-state index contributed by atoms with van der Waals surface area (Å²) in [6.45, 7) is 6.54. The fourth-order valence-corrected chi connectivity index (χ4v) is 1.79. The molecule has 2 N–H and O–H groups in total. The number of aliphatic hydroxyl groups is 1. The summed E-state index contributed by atoms with van der Waals surface area (Å²) >= 11 is 0. The molecular formula is C12H19N3O4. The lowest BCUT2D eigenvalue weighted by molar-refractivity contribution is -0.138. The monoisotopic (exact) mass is 269 g/mol. The summed E-state index contributed by atoms with van der Waals surface area (Å²) in [4.78, 5) is 37.7. The number of urea groups is 1. The molecule has 4 amide bonds. The zero-order valence-corrected chi connectivity index (χ0v) is 11.2. The van der Waals surface area contributed by atoms with Gasteiger partial charge < -0.3 is 15.3 Å². The molecule has 0 unspecified atom stereocenters. The van der Waals surface area contributed by atoms with Gasteiger partial charge in [0, 0.05) is 13.1 Å². The average Bonchev–Trinajstić information content (AvgIpc) is 2.51. The van der Waals surface area contributed by atoms with Gasteiger partial charge in [-0.15, -0.1) is 6.58 Å². The lowest BCUT2D eigenvalue weighted by Crippen LogP contribution is -2.45. The van der Waals surface area contributed by atoms with Gasteiger partial charge in [-0.05, 0) is 13.8 Å². The third kappa shape index (κ3) is 3.31. The summed E-state index contributed by atoms with van der Waals surface area (Å²) in [5.41, 5.74) is -0.988. The average molecular weight is 269 g/mol. The Bertz CT molecular complexity index is 406. The second-order valence-electron chi connectivity index (χ2n) is 4.80. The van der Waals surface area contributed by atoms with E-state index >= 15 is 0 Å². The zero-order chi connectivity index (χ0) is 14.6. The fourth-order valence-electron chi connectivity index (χ4n) is 1.79. The lowest BCUT2D eigenvalue weighted by Gasteiger charge is -2.22. The second-order valence-corrected chi connectivity index (χ2v) is 4.80. The van der Waals surface area contributed by atoms with E-state index in [1.165, 1.54) is 11.0 Å². The van der Waals surface area contributed by atoms with E-state index in [1.54, 1.807) is 13.8 Å². The highest BCUT2D eigenvalue weighted by molar-refractivity contribution is 6.08. The van der Waals surface area contributed by atoms with Gasteiger partial charge in [0.1, 0.15) is 12.1 Å². The van der Waals surface area contributed by atoms with Gasteiger partial charge in [0.05, 0.1) is 6.61 Å². The Morgan fingerprint density at radius 2 is 2.16 bits per heavy atom. The summed E-state index contributed by atoms with van der Waals surface area (Å²) in [5.74, 6) is -0.844. The minimum absolute atomic E-state index is 0.137. The van der Waals surface area contributed by atoms with Crippen molar-refractivity contribution >= 4 is 17.8 Å². The van der Waals surface area contributed by atoms with E-state index in [9.17, 15) is 14.4 Å². The number of nitrogens with one attached hydrogen (secondary N) is 1. The van der Waals surface area contributed by atoms with Gasteiger partial charge >= 0.3 is 6.03 Å². The topological polar surface area (TPSA) is 89.9 Å². The standard InChI is InChI=1S/C12H19N3O4/c1-4-5-14(6-7-16)9(17)8-15-10(18)12(2,3)13-11(15)19/h4,16H,1,5-8H2,2-3H3,(H,13,19). The smallest absolute Gasteiger partial charge is 0.325 e. The quantitative estimate of drug-likeness (QED) is 0.494. The molecule has 1 saturated heterocycles. The number of amides is 4. The van der Waals surface area contributed by atoms with Crippen molar-refractivity contribution in [2.75, 3.05) is 26.2 Å². The molecule has 1 heterocycles. The number of carbonyl (C=O) groups excluding carboxylic acids is 3. The molecule has 7 heteroatoms. The highest BCUT2D eigenvalue weighted by atomic mass is 16.3. The number of carbonyl (C=O) groups is 3. The van der Waals surface area contributed by atoms with Gasteiger partial charge in [-0.1, -0.05) is 6.08 Å². The van der Waals surface area contributed by atoms with Crippen molar-refractivity contribution in [3.63, 3.8) is 0 Å². The van der Waals surface area contributed by atoms with Crippen molar-refractivity contribution in [1.29, 1.82) is 0 Å². The van der Waals surface area contributed by atoms with Crippen LogP contribution >= 0.6 is 0 Å². The van der Waals surface area contributed by atoms with Crippen LogP contribution in [0.25, 0.3) is 0 Å². The molecule has 0 aromatic heterocycles. The predicted octanol–water partition coefficient (Wildman–Crippen LogP) is -0.676. The first-order valence-electron chi connectivity index (χ1n) is 5.97. The SMILES string of the molecule is C=CCN(CCO)C(=O)CN1C(=O)NC(C)(C)C1=O. The third-order valence-electron chi connectivity index (χ3n) is 2.81. The minimum Gasteiger partial charge on any atom is -0.395 e. The van der Waals surface area contributed by atoms with Crippen LogP contribution in [0, 0.1) is 0 Å². The second kappa shape index (κ2) is 5.83. The molecule has 1 aliphatic heterocycles. The maximum atomic E-state index is 12.0. The molecule has 0 aromatic rings. The predicted molar refractivity (Wildman–Crippen MR) is 68.2 cm³/mol. The van der Waals surface area contributed by atoms with Gasteiger partial charge in [0.25, 0.3) is 5.91 Å². The molecule has 0 spiro atoms. The van der Waals surface area contributed by atoms with Crippen LogP contribution in [0.1, 0.15) is 13.8 Å². The molecule has 0 saturated carbocycles. The highest BCUT2D eigenvalue weighted by Crippen LogP contribution is 2.16. The molecule has 0 aliphatic carbocycles. The lowest BCUT2D eigenvalue weighted by atomic mass is 10.1. The van der Waals surface area contributed by atoms with Crippen molar-refractivity contribution in [3.05, 3.63) is 12.7 Å². The third-order valence-corrected chi connectivity index (χ3v) is 2.81. The number of aliphatic hydroxyl groups excluding tert-OH is 1. The molecule has 0 radical (unpaired) electrons. The molecule has 106 valence electrons. The zero-order valence-electron chi connectivity index (χ0n) is 11.2. The molecule has 0 atom stereocenters. The van der Waals surface area contributed by atoms with Crippen LogP contribution in [0.15, 0.2) is 12.7 Å². The molecule has 7 nitrogen and oxygen atoms in total. The van der Waals surface area contributed by atoms with Crippen molar-refractivity contribution in [2.24, 2.45) is 0 Å². The normalized spacial score (nSPS) is 17.3. The van der Waals surface area contributed by atoms with Crippen molar-refractivity contribution in [2.45, 2.75) is 19.4 Å². The molecule has 19 heavy (non-hydrogen) atoms. The fraction of sp³-hybridized carbons (Fsp3) is 0.583. The van der Waals surface area contributed by atoms with Crippen LogP contribution < -0.4 is 5.32 Å². The van der Waals surface area contributed by atoms with Crippen LogP contribution in [0.5, 0.6) is 0 Å². The summed E-state index contributed by atoms with van der Waals surface area (Å²) in [6, 6.07) is -0.578. The summed E-state index contributed by atoms with van der Waals surface area (Å²) < 4.78 is 0. The van der Waals surface area contributed by atoms with Crippen LogP contribution in [-0.2, 0) is 9.59 Å². The summed E-state index contributed by atoms with van der Waals surface area (Å²) in [5, 5.41) is 11.4. The van der Waals surface area contributed by atoms with Gasteiger partial charge in [0.15, 0.2) is 0 Å². The summed E-state index contributed by atoms with van der Waals surface area (Å²) in [7, 11) is 0. The minimum atomic E-state index is -0.988. The van der Waals surface area contributed by atoms with Crippen LogP contribution in [-0.4, -0.2) is 64.5 Å². The molecule has 1 fully saturated rings. The number of imide groups is 1. The summed E-state index contributed by atoms with van der Waals surface area (Å²) in [6.07, 6.45) is 1.52. The Hall–Kier alpha value is -1.89. The van der Waals surface area contributed by atoms with Crippen LogP contribution in [0.4, 0.5) is 4.79 Å². The highest BCUT2D eigenvalue weighted by Gasteiger charge is 2.45. The maximum Gasteiger partial charge on any atom is 0.325 e. The largest absolute Gasteiger partial charge is 0.395 e. The number of hydrogen-bond acceptors (Lipinski definition) is 4. The Morgan fingerprint density at radius 3 is 2.58 bits per heavy atom. The van der Waals surface area contributed by atoms with Crippen LogP contribution in [0.2, 0.25) is 0 Å². The van der Waals surface area contributed by atoms with Gasteiger partial charge in [-0.3, -0.25) is 14.5 Å². The maximum absolute atomic E-state index is 12.0. The van der Waals surface area contributed by atoms with E-state index in [-0.39, 0.29) is 26.2 Å². The first kappa shape index (κ1) is 15.2. The van der Waals surface area contributed by atoms with E-state index in [2.05, 4.69) is 11.9 Å². The van der Waals surface area contributed by atoms with Gasteiger partial charge in [-0.2, -0.15) is 0 Å². The van der Waals surface area contributed by atoms with E-state index < -0.39 is 23.4 Å². The van der Waals surface area contributed by atoms with E-state index in [4.69, 9.17) is 5.11 Å². The van der Waals surface area contributed by atoms with E-state index in [0.29, 0.717) is 0 Å². The van der Waals surface area contributed by atoms with Crippen LogP contribution in [0.3, 0.4) is 0 Å². The van der Waals surface area contributed by atoms with Crippen molar-refractivity contribution in [1.82, 2.24) is 15.1 Å². The number of rotatable bonds is 6. The molecular weight excluding hydrogens is 250 g/mol. The number of hydrogen-bond donors (Lipinski definition) is 2. The van der Waals surface area contributed by atoms with E-state index in [0.717, 1.165) is 4.90 Å². The Morgan fingerprint density at radius 1 is 1.53 bits per heavy atom. The molecule has 1 aliphatic rings. The Labute approximate surface area is 111 Å². The van der Waals surface area contributed by atoms with E-state index in [1.807, 2.05) is 0 Å². The molecule has 1 rings (SSSR count). The molecule has 0 aromatic carbocycles.